The van der Waals surface area contributed by atoms with E-state index in [4.69, 9.17) is 5.73 Å². The molecule has 0 spiro atoms. The number of allylic oxidation sites excluding steroid dienone is 2. The van der Waals surface area contributed by atoms with E-state index >= 15 is 0 Å². The van der Waals surface area contributed by atoms with Gasteiger partial charge >= 0.3 is 0 Å². The van der Waals surface area contributed by atoms with E-state index in [0.29, 0.717) is 23.2 Å². The molecule has 0 aromatic carbocycles. The first kappa shape index (κ1) is 23.9. The van der Waals surface area contributed by atoms with E-state index in [1.54, 1.807) is 5.57 Å². The highest BCUT2D eigenvalue weighted by atomic mass is 16.3. The van der Waals surface area contributed by atoms with Gasteiger partial charge in [-0.3, -0.25) is 4.79 Å². The van der Waals surface area contributed by atoms with Crippen LogP contribution in [0.1, 0.15) is 113 Å². The Morgan fingerprint density at radius 1 is 0.909 bits per heavy atom. The number of hydrogen-bond acceptors (Lipinski definition) is 2. The van der Waals surface area contributed by atoms with Crippen LogP contribution in [0.25, 0.3) is 0 Å². The summed E-state index contributed by atoms with van der Waals surface area (Å²) >= 11 is 0. The van der Waals surface area contributed by atoms with Gasteiger partial charge in [-0.05, 0) is 109 Å². The molecule has 9 atom stereocenters. The average Bonchev–Trinajstić information content (AvgIpc) is 2.73. The molecule has 3 unspecified atom stereocenters. The summed E-state index contributed by atoms with van der Waals surface area (Å²) in [5.74, 6) is 1.63. The Morgan fingerprint density at radius 2 is 1.58 bits per heavy atom. The fourth-order valence-electron chi connectivity index (χ4n) is 10.6. The quantitative estimate of drug-likeness (QED) is 0.436. The average molecular weight is 456 g/mol. The molecule has 4 saturated carbocycles. The number of carbonyl (C=O) groups is 1. The lowest BCUT2D eigenvalue weighted by Crippen LogP contribution is -2.64. The number of primary amides is 1. The van der Waals surface area contributed by atoms with E-state index < -0.39 is 0 Å². The monoisotopic (exact) mass is 455 g/mol. The Hall–Kier alpha value is -0.830. The maximum absolute atomic E-state index is 12.5. The molecule has 0 aromatic rings. The summed E-state index contributed by atoms with van der Waals surface area (Å²) in [4.78, 5) is 12.5. The minimum absolute atomic E-state index is 0.00294. The van der Waals surface area contributed by atoms with Crippen LogP contribution >= 0.6 is 0 Å². The van der Waals surface area contributed by atoms with Crippen molar-refractivity contribution >= 4 is 5.91 Å². The molecule has 0 bridgehead atoms. The molecule has 5 aliphatic rings. The molecule has 0 aromatic heterocycles. The lowest BCUT2D eigenvalue weighted by molar-refractivity contribution is -0.203. The maximum Gasteiger partial charge on any atom is 0.223 e. The topological polar surface area (TPSA) is 63.3 Å². The molecule has 1 amide bonds. The van der Waals surface area contributed by atoms with E-state index in [0.717, 1.165) is 32.1 Å². The molecule has 0 aliphatic heterocycles. The van der Waals surface area contributed by atoms with Gasteiger partial charge in [-0.15, -0.1) is 0 Å². The molecular formula is C30H49NO2. The normalized spacial score (nSPS) is 55.3. The SMILES string of the molecule is CC1(C(N)=O)CC[C@]2(C)CC[C@]3(C)C(=CC[C@@H]4[C@@]5(C)CCC(O)C(C)(C)C5CC[C@]43C)[C@H]2C1. The minimum Gasteiger partial charge on any atom is -0.393 e. The molecule has 4 fully saturated rings. The van der Waals surface area contributed by atoms with E-state index in [1.807, 2.05) is 0 Å². The number of fused-ring (bicyclic) bond motifs is 7. The molecular weight excluding hydrogens is 406 g/mol. The smallest absolute Gasteiger partial charge is 0.223 e. The third kappa shape index (κ3) is 2.87. The minimum atomic E-state index is -0.367. The van der Waals surface area contributed by atoms with Gasteiger partial charge in [0.1, 0.15) is 0 Å². The molecule has 3 nitrogen and oxygen atoms in total. The summed E-state index contributed by atoms with van der Waals surface area (Å²) in [6.45, 7) is 17.1. The van der Waals surface area contributed by atoms with Crippen LogP contribution < -0.4 is 5.73 Å². The van der Waals surface area contributed by atoms with Crippen molar-refractivity contribution < 1.29 is 9.90 Å². The van der Waals surface area contributed by atoms with Crippen molar-refractivity contribution in [3.8, 4) is 0 Å². The highest BCUT2D eigenvalue weighted by molar-refractivity contribution is 5.80. The zero-order valence-corrected chi connectivity index (χ0v) is 22.4. The van der Waals surface area contributed by atoms with Crippen molar-refractivity contribution in [3.63, 3.8) is 0 Å². The van der Waals surface area contributed by atoms with Gasteiger partial charge in [-0.2, -0.15) is 0 Å². The van der Waals surface area contributed by atoms with E-state index in [9.17, 15) is 9.90 Å². The number of rotatable bonds is 1. The molecule has 0 radical (unpaired) electrons. The summed E-state index contributed by atoms with van der Waals surface area (Å²) in [5.41, 5.74) is 8.33. The number of amides is 1. The predicted molar refractivity (Wildman–Crippen MR) is 134 cm³/mol. The molecule has 33 heavy (non-hydrogen) atoms. The largest absolute Gasteiger partial charge is 0.393 e. The lowest BCUT2D eigenvalue weighted by Gasteiger charge is -2.71. The number of hydrogen-bond donors (Lipinski definition) is 2. The molecule has 3 heteroatoms. The van der Waals surface area contributed by atoms with Crippen molar-refractivity contribution in [2.24, 2.45) is 56.0 Å². The van der Waals surface area contributed by atoms with Gasteiger partial charge in [0.15, 0.2) is 0 Å². The van der Waals surface area contributed by atoms with Gasteiger partial charge < -0.3 is 10.8 Å². The predicted octanol–water partition coefficient (Wildman–Crippen LogP) is 6.63. The molecule has 5 rings (SSSR count). The van der Waals surface area contributed by atoms with Crippen LogP contribution in [-0.2, 0) is 4.79 Å². The fourth-order valence-corrected chi connectivity index (χ4v) is 10.6. The Bertz CT molecular complexity index is 892. The maximum atomic E-state index is 12.5. The summed E-state index contributed by atoms with van der Waals surface area (Å²) < 4.78 is 0. The zero-order chi connectivity index (χ0) is 24.2. The molecule has 3 N–H and O–H groups in total. The number of carbonyl (C=O) groups excluding carboxylic acids is 1. The summed E-state index contributed by atoms with van der Waals surface area (Å²) in [6.07, 6.45) is 13.8. The van der Waals surface area contributed by atoms with Gasteiger partial charge in [0.25, 0.3) is 0 Å². The van der Waals surface area contributed by atoms with Crippen LogP contribution in [-0.4, -0.2) is 17.1 Å². The number of nitrogens with two attached hydrogens (primary N) is 1. The first-order valence-electron chi connectivity index (χ1n) is 13.8. The Labute approximate surface area is 202 Å². The van der Waals surface area contributed by atoms with Crippen LogP contribution in [0.15, 0.2) is 11.6 Å². The summed E-state index contributed by atoms with van der Waals surface area (Å²) in [5, 5.41) is 10.9. The van der Waals surface area contributed by atoms with Crippen molar-refractivity contribution in [1.82, 2.24) is 0 Å². The second kappa shape index (κ2) is 6.89. The second-order valence-corrected chi connectivity index (χ2v) is 15.0. The van der Waals surface area contributed by atoms with Crippen molar-refractivity contribution in [3.05, 3.63) is 11.6 Å². The third-order valence-corrected chi connectivity index (χ3v) is 13.4. The Balaban J connectivity index is 1.57. The number of aliphatic hydroxyl groups is 1. The molecule has 5 aliphatic carbocycles. The van der Waals surface area contributed by atoms with E-state index in [2.05, 4.69) is 54.5 Å². The van der Waals surface area contributed by atoms with E-state index in [1.165, 1.54) is 32.1 Å². The Morgan fingerprint density at radius 3 is 2.24 bits per heavy atom. The standard InChI is InChI=1S/C30H49NO2/c1-25(2)21-10-13-30(7)22(28(21,5)12-11-23(25)32)9-8-19-20-18-27(4,24(31)33)15-14-26(20,3)16-17-29(19,30)6/h8,20-23,32H,9-18H2,1-7H3,(H2,31,33)/t20-,21?,22-,23?,26-,27?,28+,29-,30-/m1/s1. The molecule has 186 valence electrons. The molecule has 0 heterocycles. The van der Waals surface area contributed by atoms with Crippen molar-refractivity contribution in [2.75, 3.05) is 0 Å². The molecule has 0 saturated heterocycles. The van der Waals surface area contributed by atoms with Crippen LogP contribution in [0.5, 0.6) is 0 Å². The zero-order valence-electron chi connectivity index (χ0n) is 22.4. The van der Waals surface area contributed by atoms with Gasteiger partial charge in [-0.1, -0.05) is 60.1 Å². The van der Waals surface area contributed by atoms with Crippen LogP contribution in [0.4, 0.5) is 0 Å². The van der Waals surface area contributed by atoms with Gasteiger partial charge in [-0.25, -0.2) is 0 Å². The van der Waals surface area contributed by atoms with Crippen LogP contribution in [0, 0.1) is 50.2 Å². The second-order valence-electron chi connectivity index (χ2n) is 15.0. The summed E-state index contributed by atoms with van der Waals surface area (Å²) in [6, 6.07) is 0. The van der Waals surface area contributed by atoms with Crippen molar-refractivity contribution in [2.45, 2.75) is 119 Å². The van der Waals surface area contributed by atoms with Crippen molar-refractivity contribution in [1.29, 1.82) is 0 Å². The van der Waals surface area contributed by atoms with E-state index in [-0.39, 0.29) is 39.1 Å². The first-order valence-corrected chi connectivity index (χ1v) is 13.8. The van der Waals surface area contributed by atoms with Gasteiger partial charge in [0, 0.05) is 5.41 Å². The van der Waals surface area contributed by atoms with Gasteiger partial charge in [0.2, 0.25) is 5.91 Å². The summed E-state index contributed by atoms with van der Waals surface area (Å²) in [7, 11) is 0. The van der Waals surface area contributed by atoms with Crippen LogP contribution in [0.3, 0.4) is 0 Å². The Kier molecular flexibility index (Phi) is 4.99. The van der Waals surface area contributed by atoms with Gasteiger partial charge in [0.05, 0.1) is 6.10 Å². The lowest BCUT2D eigenvalue weighted by atomic mass is 9.33. The fraction of sp³-hybridized carbons (Fsp3) is 0.900. The van der Waals surface area contributed by atoms with Crippen LogP contribution in [0.2, 0.25) is 0 Å². The first-order chi connectivity index (χ1) is 15.1. The third-order valence-electron chi connectivity index (χ3n) is 13.4. The number of aliphatic hydroxyl groups excluding tert-OH is 1. The highest BCUT2D eigenvalue weighted by Gasteiger charge is 2.68. The highest BCUT2D eigenvalue weighted by Crippen LogP contribution is 2.75.